The average molecular weight is 239 g/mol. The molecule has 0 amide bonds. The second-order valence-electron chi connectivity index (χ2n) is 5.94. The minimum Gasteiger partial charge on any atom is -0.339 e. The molecule has 1 aromatic heterocycles. The Bertz CT molecular complexity index is 340. The summed E-state index contributed by atoms with van der Waals surface area (Å²) in [7, 11) is 0. The van der Waals surface area contributed by atoms with Gasteiger partial charge in [0.05, 0.1) is 5.41 Å². The van der Waals surface area contributed by atoms with Crippen molar-refractivity contribution in [3.05, 3.63) is 11.7 Å². The highest BCUT2D eigenvalue weighted by molar-refractivity contribution is 5.06. The van der Waals surface area contributed by atoms with Crippen molar-refractivity contribution in [1.82, 2.24) is 10.1 Å². The van der Waals surface area contributed by atoms with Crippen LogP contribution >= 0.6 is 0 Å². The van der Waals surface area contributed by atoms with E-state index in [0.29, 0.717) is 12.4 Å². The summed E-state index contributed by atoms with van der Waals surface area (Å²) >= 11 is 0. The fourth-order valence-corrected chi connectivity index (χ4v) is 1.94. The van der Waals surface area contributed by atoms with E-state index in [4.69, 9.17) is 10.3 Å². The van der Waals surface area contributed by atoms with Crippen LogP contribution < -0.4 is 5.73 Å². The zero-order valence-corrected chi connectivity index (χ0v) is 11.7. The van der Waals surface area contributed by atoms with Gasteiger partial charge in [-0.3, -0.25) is 0 Å². The molecule has 0 aliphatic heterocycles. The molecule has 2 N–H and O–H groups in total. The summed E-state index contributed by atoms with van der Waals surface area (Å²) < 4.78 is 5.41. The van der Waals surface area contributed by atoms with Gasteiger partial charge in [-0.05, 0) is 18.3 Å². The summed E-state index contributed by atoms with van der Waals surface area (Å²) in [6, 6.07) is 0. The van der Waals surface area contributed by atoms with Crippen molar-refractivity contribution in [3.63, 3.8) is 0 Å². The number of aromatic nitrogens is 2. The molecule has 1 aromatic rings. The lowest BCUT2D eigenvalue weighted by Gasteiger charge is -2.25. The van der Waals surface area contributed by atoms with Crippen molar-refractivity contribution in [1.29, 1.82) is 0 Å². The van der Waals surface area contributed by atoms with Gasteiger partial charge in [0.15, 0.2) is 5.82 Å². The first-order chi connectivity index (χ1) is 7.87. The van der Waals surface area contributed by atoms with E-state index in [-0.39, 0.29) is 10.8 Å². The second kappa shape index (κ2) is 5.17. The number of hydrogen-bond donors (Lipinski definition) is 1. The maximum absolute atomic E-state index is 5.87. The zero-order valence-electron chi connectivity index (χ0n) is 11.7. The average Bonchev–Trinajstić information content (AvgIpc) is 2.68. The summed E-state index contributed by atoms with van der Waals surface area (Å²) in [6.45, 7) is 11.3. The third-order valence-electron chi connectivity index (χ3n) is 3.35. The van der Waals surface area contributed by atoms with Gasteiger partial charge in [-0.2, -0.15) is 4.98 Å². The largest absolute Gasteiger partial charge is 0.339 e. The van der Waals surface area contributed by atoms with E-state index in [1.54, 1.807) is 0 Å². The fraction of sp³-hybridized carbons (Fsp3) is 0.846. The minimum absolute atomic E-state index is 0.150. The Kier molecular flexibility index (Phi) is 4.31. The Morgan fingerprint density at radius 3 is 2.18 bits per heavy atom. The second-order valence-corrected chi connectivity index (χ2v) is 5.94. The molecule has 0 bridgehead atoms. The van der Waals surface area contributed by atoms with Gasteiger partial charge in [0, 0.05) is 13.0 Å². The van der Waals surface area contributed by atoms with Crippen LogP contribution in [0.15, 0.2) is 4.52 Å². The maximum atomic E-state index is 5.87. The standard InChI is InChI=1S/C13H25N3O/c1-6-13(7-2,9-14)11-15-10(16-17-11)8-12(3,4)5/h6-9,14H2,1-5H3. The molecule has 1 heterocycles. The SMILES string of the molecule is CCC(CC)(CN)c1nc(CC(C)(C)C)no1. The van der Waals surface area contributed by atoms with Gasteiger partial charge in [0.25, 0.3) is 0 Å². The van der Waals surface area contributed by atoms with Crippen LogP contribution in [0.1, 0.15) is 59.2 Å². The third kappa shape index (κ3) is 3.28. The Balaban J connectivity index is 2.93. The Morgan fingerprint density at radius 2 is 1.76 bits per heavy atom. The van der Waals surface area contributed by atoms with Gasteiger partial charge in [-0.15, -0.1) is 0 Å². The van der Waals surface area contributed by atoms with Crippen LogP contribution in [0.3, 0.4) is 0 Å². The highest BCUT2D eigenvalue weighted by Crippen LogP contribution is 2.30. The maximum Gasteiger partial charge on any atom is 0.234 e. The van der Waals surface area contributed by atoms with Crippen LogP contribution in [-0.2, 0) is 11.8 Å². The van der Waals surface area contributed by atoms with Crippen LogP contribution in [0.4, 0.5) is 0 Å². The molecule has 0 unspecified atom stereocenters. The molecule has 17 heavy (non-hydrogen) atoms. The van der Waals surface area contributed by atoms with Gasteiger partial charge in [-0.25, -0.2) is 0 Å². The van der Waals surface area contributed by atoms with Crippen LogP contribution in [0.5, 0.6) is 0 Å². The van der Waals surface area contributed by atoms with Gasteiger partial charge in [-0.1, -0.05) is 39.8 Å². The molecule has 0 aliphatic carbocycles. The van der Waals surface area contributed by atoms with Crippen molar-refractivity contribution in [2.45, 2.75) is 59.3 Å². The summed E-state index contributed by atoms with van der Waals surface area (Å²) in [6.07, 6.45) is 2.68. The van der Waals surface area contributed by atoms with Crippen LogP contribution in [0.2, 0.25) is 0 Å². The predicted molar refractivity (Wildman–Crippen MR) is 68.8 cm³/mol. The molecule has 0 fully saturated rings. The first-order valence-electron chi connectivity index (χ1n) is 6.40. The van der Waals surface area contributed by atoms with Crippen LogP contribution in [0.25, 0.3) is 0 Å². The Morgan fingerprint density at radius 1 is 1.18 bits per heavy atom. The quantitative estimate of drug-likeness (QED) is 0.858. The van der Waals surface area contributed by atoms with Crippen LogP contribution in [0, 0.1) is 5.41 Å². The Labute approximate surface area is 104 Å². The summed E-state index contributed by atoms with van der Waals surface area (Å²) in [4.78, 5) is 4.52. The van der Waals surface area contributed by atoms with Gasteiger partial charge >= 0.3 is 0 Å². The number of nitrogens with zero attached hydrogens (tertiary/aromatic N) is 2. The van der Waals surface area contributed by atoms with E-state index in [0.717, 1.165) is 25.1 Å². The lowest BCUT2D eigenvalue weighted by atomic mass is 9.82. The first kappa shape index (κ1) is 14.2. The molecule has 4 heteroatoms. The molecular weight excluding hydrogens is 214 g/mol. The lowest BCUT2D eigenvalue weighted by molar-refractivity contribution is 0.265. The molecule has 1 rings (SSSR count). The fourth-order valence-electron chi connectivity index (χ4n) is 1.94. The summed E-state index contributed by atoms with van der Waals surface area (Å²) in [5.74, 6) is 1.48. The van der Waals surface area contributed by atoms with Gasteiger partial charge < -0.3 is 10.3 Å². The van der Waals surface area contributed by atoms with E-state index in [1.165, 1.54) is 0 Å². The Hall–Kier alpha value is -0.900. The van der Waals surface area contributed by atoms with E-state index in [2.05, 4.69) is 44.8 Å². The van der Waals surface area contributed by atoms with E-state index < -0.39 is 0 Å². The molecule has 0 saturated carbocycles. The molecule has 0 atom stereocenters. The van der Waals surface area contributed by atoms with E-state index >= 15 is 0 Å². The molecule has 4 nitrogen and oxygen atoms in total. The van der Waals surface area contributed by atoms with Crippen molar-refractivity contribution in [3.8, 4) is 0 Å². The van der Waals surface area contributed by atoms with Crippen molar-refractivity contribution >= 4 is 0 Å². The number of nitrogens with two attached hydrogens (primary N) is 1. The van der Waals surface area contributed by atoms with Crippen LogP contribution in [-0.4, -0.2) is 16.7 Å². The van der Waals surface area contributed by atoms with E-state index in [9.17, 15) is 0 Å². The van der Waals surface area contributed by atoms with Crippen molar-refractivity contribution < 1.29 is 4.52 Å². The predicted octanol–water partition coefficient (Wildman–Crippen LogP) is 2.67. The number of hydrogen-bond acceptors (Lipinski definition) is 4. The molecule has 0 aromatic carbocycles. The molecule has 0 radical (unpaired) electrons. The molecule has 0 saturated heterocycles. The van der Waals surface area contributed by atoms with Crippen molar-refractivity contribution in [2.75, 3.05) is 6.54 Å². The lowest BCUT2D eigenvalue weighted by Crippen LogP contribution is -2.34. The van der Waals surface area contributed by atoms with E-state index in [1.807, 2.05) is 0 Å². The molecule has 98 valence electrons. The van der Waals surface area contributed by atoms with Gasteiger partial charge in [0.1, 0.15) is 0 Å². The van der Waals surface area contributed by atoms with Crippen molar-refractivity contribution in [2.24, 2.45) is 11.1 Å². The zero-order chi connectivity index (χ0) is 13.1. The number of rotatable bonds is 5. The highest BCUT2D eigenvalue weighted by atomic mass is 16.5. The highest BCUT2D eigenvalue weighted by Gasteiger charge is 2.33. The minimum atomic E-state index is -0.150. The summed E-state index contributed by atoms with van der Waals surface area (Å²) in [5, 5.41) is 4.07. The van der Waals surface area contributed by atoms with Gasteiger partial charge in [0.2, 0.25) is 5.89 Å². The smallest absolute Gasteiger partial charge is 0.234 e. The summed E-state index contributed by atoms with van der Waals surface area (Å²) in [5.41, 5.74) is 5.89. The normalized spacial score (nSPS) is 13.1. The molecule has 0 spiro atoms. The third-order valence-corrected chi connectivity index (χ3v) is 3.35. The topological polar surface area (TPSA) is 64.9 Å². The first-order valence-corrected chi connectivity index (χ1v) is 6.40. The monoisotopic (exact) mass is 239 g/mol. The molecule has 0 aliphatic rings. The molecular formula is C13H25N3O.